The van der Waals surface area contributed by atoms with E-state index >= 15 is 0 Å². The summed E-state index contributed by atoms with van der Waals surface area (Å²) in [7, 11) is 5.55. The summed E-state index contributed by atoms with van der Waals surface area (Å²) in [5, 5.41) is 9.66. The zero-order valence-corrected chi connectivity index (χ0v) is 42.6. The Morgan fingerprint density at radius 2 is 0.794 bits per heavy atom. The van der Waals surface area contributed by atoms with Crippen molar-refractivity contribution in [3.63, 3.8) is 0 Å². The van der Waals surface area contributed by atoms with Crippen LogP contribution in [0, 0.1) is 0 Å². The number of unbranched alkanes of at least 4 members (excludes halogenated alkanes) is 34. The molecule has 0 fully saturated rings. The van der Waals surface area contributed by atoms with Gasteiger partial charge >= 0.3 is 17.9 Å². The zero-order chi connectivity index (χ0) is 46.3. The monoisotopic (exact) mass is 893 g/mol. The number of rotatable bonds is 50. The number of carboxylic acid groups (broad SMARTS) is 1. The van der Waals surface area contributed by atoms with E-state index in [1.165, 1.54) is 199 Å². The lowest BCUT2D eigenvalue weighted by atomic mass is 10.0. The molecule has 0 saturated heterocycles. The number of carbonyl (C=O) groups is 3. The third-order valence-electron chi connectivity index (χ3n) is 12.7. The van der Waals surface area contributed by atoms with Crippen molar-refractivity contribution in [2.75, 3.05) is 41.0 Å². The first-order valence-electron chi connectivity index (χ1n) is 27.2. The lowest BCUT2D eigenvalue weighted by Gasteiger charge is -2.31. The van der Waals surface area contributed by atoms with E-state index in [2.05, 4.69) is 26.0 Å². The molecule has 2 unspecified atom stereocenters. The Bertz CT molecular complexity index is 1040. The zero-order valence-electron chi connectivity index (χ0n) is 42.6. The van der Waals surface area contributed by atoms with E-state index in [1.807, 2.05) is 21.1 Å². The van der Waals surface area contributed by atoms with Gasteiger partial charge in [0.05, 0.1) is 34.4 Å². The summed E-state index contributed by atoms with van der Waals surface area (Å²) < 4.78 is 17.4. The smallest absolute Gasteiger partial charge is 0.362 e. The van der Waals surface area contributed by atoms with Crippen molar-refractivity contribution < 1.29 is 38.2 Å². The van der Waals surface area contributed by atoms with Crippen LogP contribution in [0.3, 0.4) is 0 Å². The molecule has 0 spiro atoms. The minimum absolute atomic E-state index is 0.0447. The topological polar surface area (TPSA) is 99.1 Å². The number of quaternary nitrogens is 1. The minimum atomic E-state index is -0.870. The molecule has 0 aliphatic rings. The minimum Gasteiger partial charge on any atom is -0.477 e. The first-order chi connectivity index (χ1) is 30.6. The number of esters is 2. The Labute approximate surface area is 390 Å². The van der Waals surface area contributed by atoms with Crippen LogP contribution in [0.5, 0.6) is 0 Å². The average molecular weight is 893 g/mol. The second-order valence-electron chi connectivity index (χ2n) is 19.8. The fourth-order valence-electron chi connectivity index (χ4n) is 8.44. The van der Waals surface area contributed by atoms with Crippen molar-refractivity contribution in [1.82, 2.24) is 0 Å². The van der Waals surface area contributed by atoms with Gasteiger partial charge in [-0.3, -0.25) is 9.59 Å². The van der Waals surface area contributed by atoms with Gasteiger partial charge in [-0.1, -0.05) is 225 Å². The molecule has 372 valence electrons. The van der Waals surface area contributed by atoms with Crippen molar-refractivity contribution in [3.8, 4) is 0 Å². The molecule has 2 atom stereocenters. The Morgan fingerprint density at radius 1 is 0.460 bits per heavy atom. The molecular weight excluding hydrogens is 787 g/mol. The molecule has 0 aromatic rings. The summed E-state index contributed by atoms with van der Waals surface area (Å²) in [5.74, 6) is -1.44. The van der Waals surface area contributed by atoms with E-state index < -0.39 is 18.1 Å². The number of carbonyl (C=O) groups excluding carboxylic acids is 2. The summed E-state index contributed by atoms with van der Waals surface area (Å²) in [6.45, 7) is 4.79. The van der Waals surface area contributed by atoms with E-state index in [0.717, 1.165) is 38.5 Å². The van der Waals surface area contributed by atoms with Crippen molar-refractivity contribution in [2.45, 2.75) is 283 Å². The highest BCUT2D eigenvalue weighted by Crippen LogP contribution is 2.17. The summed E-state index contributed by atoms with van der Waals surface area (Å²) in [4.78, 5) is 37.2. The van der Waals surface area contributed by atoms with E-state index in [4.69, 9.17) is 14.2 Å². The number of hydrogen-bond donors (Lipinski definition) is 1. The van der Waals surface area contributed by atoms with Gasteiger partial charge in [-0.05, 0) is 38.5 Å². The number of likely N-dealkylation sites (N-methyl/N-ethyl adjacent to an activating group) is 1. The summed E-state index contributed by atoms with van der Waals surface area (Å²) >= 11 is 0. The number of carboxylic acids is 1. The van der Waals surface area contributed by atoms with E-state index in [1.54, 1.807) is 0 Å². The van der Waals surface area contributed by atoms with Crippen LogP contribution in [-0.2, 0) is 28.6 Å². The molecule has 0 aromatic heterocycles. The highest BCUT2D eigenvalue weighted by atomic mass is 16.6. The van der Waals surface area contributed by atoms with Crippen molar-refractivity contribution >= 4 is 17.9 Å². The number of aliphatic carboxylic acids is 1. The standard InChI is InChI=1S/C55H105NO7/c1-6-8-10-12-14-16-18-20-22-24-26-27-28-30-32-34-36-38-40-42-44-46-54(58)63-51(49-61-48-47-52(55(59)60)56(3,4)5)50-62-53(57)45-43-41-39-37-35-33-31-29-25-23-21-19-17-15-13-11-9-7-2/h24,26,51-52H,6-23,25,27-50H2,1-5H3/p+1/b26-24-. The number of nitrogens with zero attached hydrogens (tertiary/aromatic N) is 1. The summed E-state index contributed by atoms with van der Waals surface area (Å²) in [5.41, 5.74) is 0. The molecule has 0 aliphatic carbocycles. The Balaban J connectivity index is 4.17. The number of hydrogen-bond acceptors (Lipinski definition) is 6. The van der Waals surface area contributed by atoms with Crippen LogP contribution in [0.4, 0.5) is 0 Å². The number of allylic oxidation sites excluding steroid dienone is 2. The molecular formula is C55H106NO7+. The SMILES string of the molecule is CCCCCCCCCC/C=C\CCCCCCCCCCCC(=O)OC(COCCC(C(=O)O)[N+](C)(C)C)COC(=O)CCCCCCCCCCCCCCCCCCCC. The molecule has 0 bridgehead atoms. The first kappa shape index (κ1) is 61.1. The maximum absolute atomic E-state index is 12.8. The molecule has 0 heterocycles. The van der Waals surface area contributed by atoms with Gasteiger partial charge in [0.15, 0.2) is 12.1 Å². The lowest BCUT2D eigenvalue weighted by Crippen LogP contribution is -2.50. The van der Waals surface area contributed by atoms with Crippen molar-refractivity contribution in [1.29, 1.82) is 0 Å². The third-order valence-corrected chi connectivity index (χ3v) is 12.7. The molecule has 0 aromatic carbocycles. The maximum Gasteiger partial charge on any atom is 0.362 e. The Hall–Kier alpha value is -1.93. The van der Waals surface area contributed by atoms with Crippen LogP contribution in [-0.4, -0.2) is 80.6 Å². The molecule has 0 rings (SSSR count). The normalized spacial score (nSPS) is 12.8. The Kier molecular flexibility index (Phi) is 45.2. The fraction of sp³-hybridized carbons (Fsp3) is 0.909. The van der Waals surface area contributed by atoms with Crippen molar-refractivity contribution in [3.05, 3.63) is 12.2 Å². The number of ether oxygens (including phenoxy) is 3. The van der Waals surface area contributed by atoms with E-state index in [0.29, 0.717) is 19.3 Å². The predicted octanol–water partition coefficient (Wildman–Crippen LogP) is 15.8. The first-order valence-corrected chi connectivity index (χ1v) is 27.2. The lowest BCUT2D eigenvalue weighted by molar-refractivity contribution is -0.887. The van der Waals surface area contributed by atoms with Crippen molar-refractivity contribution in [2.24, 2.45) is 0 Å². The molecule has 1 N–H and O–H groups in total. The van der Waals surface area contributed by atoms with Gasteiger partial charge in [0.25, 0.3) is 0 Å². The van der Waals surface area contributed by atoms with Crippen LogP contribution in [0.2, 0.25) is 0 Å². The Morgan fingerprint density at radius 3 is 1.14 bits per heavy atom. The van der Waals surface area contributed by atoms with Crippen LogP contribution in [0.25, 0.3) is 0 Å². The summed E-state index contributed by atoms with van der Waals surface area (Å²) in [6.07, 6.45) is 52.6. The second kappa shape index (κ2) is 46.6. The highest BCUT2D eigenvalue weighted by Gasteiger charge is 2.31. The van der Waals surface area contributed by atoms with Gasteiger partial charge in [0, 0.05) is 19.3 Å². The third kappa shape index (κ3) is 45.0. The average Bonchev–Trinajstić information content (AvgIpc) is 3.24. The van der Waals surface area contributed by atoms with Gasteiger partial charge < -0.3 is 23.8 Å². The van der Waals surface area contributed by atoms with Gasteiger partial charge in [-0.2, -0.15) is 0 Å². The second-order valence-corrected chi connectivity index (χ2v) is 19.8. The predicted molar refractivity (Wildman–Crippen MR) is 266 cm³/mol. The van der Waals surface area contributed by atoms with Gasteiger partial charge in [0.1, 0.15) is 6.61 Å². The molecule has 0 amide bonds. The highest BCUT2D eigenvalue weighted by molar-refractivity contribution is 5.72. The van der Waals surface area contributed by atoms with Gasteiger partial charge in [-0.25, -0.2) is 4.79 Å². The molecule has 8 heteroatoms. The quantitative estimate of drug-likeness (QED) is 0.0281. The van der Waals surface area contributed by atoms with Crippen LogP contribution in [0.1, 0.15) is 271 Å². The van der Waals surface area contributed by atoms with E-state index in [-0.39, 0.29) is 36.2 Å². The molecule has 0 radical (unpaired) electrons. The van der Waals surface area contributed by atoms with Gasteiger partial charge in [-0.15, -0.1) is 0 Å². The molecule has 8 nitrogen and oxygen atoms in total. The van der Waals surface area contributed by atoms with Gasteiger partial charge in [0.2, 0.25) is 0 Å². The van der Waals surface area contributed by atoms with Crippen LogP contribution < -0.4 is 0 Å². The fourth-order valence-corrected chi connectivity index (χ4v) is 8.44. The maximum atomic E-state index is 12.8. The molecule has 0 saturated carbocycles. The molecule has 0 aliphatic heterocycles. The largest absolute Gasteiger partial charge is 0.477 e. The van der Waals surface area contributed by atoms with Crippen LogP contribution >= 0.6 is 0 Å². The van der Waals surface area contributed by atoms with E-state index in [9.17, 15) is 19.5 Å². The van der Waals surface area contributed by atoms with Crippen LogP contribution in [0.15, 0.2) is 12.2 Å². The molecule has 63 heavy (non-hydrogen) atoms. The summed E-state index contributed by atoms with van der Waals surface area (Å²) in [6, 6.07) is -0.611.